The Hall–Kier alpha value is -2.49. The van der Waals surface area contributed by atoms with Gasteiger partial charge in [0, 0.05) is 4.47 Å². The molecule has 142 valence electrons. The van der Waals surface area contributed by atoms with Crippen LogP contribution in [-0.4, -0.2) is 49.5 Å². The van der Waals surface area contributed by atoms with Crippen LogP contribution in [0.2, 0.25) is 0 Å². The van der Waals surface area contributed by atoms with E-state index in [4.69, 9.17) is 9.84 Å². The standard InChI is InChI=1S/C18H18BrN3O5/c1-18(17(25)26,22-8-15(20-21-22)16(24)9-23)10-27-14-5-3-11-6-13(19)4-2-12(11)7-14/h2-8,16,23-24H,9-10H2,1H3,(H,25,26)/t16-,18?/m1/s1. The number of benzene rings is 2. The van der Waals surface area contributed by atoms with Crippen molar-refractivity contribution in [3.63, 3.8) is 0 Å². The fraction of sp³-hybridized carbons (Fsp3) is 0.278. The van der Waals surface area contributed by atoms with Crippen LogP contribution in [-0.2, 0) is 10.3 Å². The number of hydrogen-bond donors (Lipinski definition) is 3. The Morgan fingerprint density at radius 1 is 1.30 bits per heavy atom. The van der Waals surface area contributed by atoms with Crippen molar-refractivity contribution in [3.05, 3.63) is 52.8 Å². The maximum absolute atomic E-state index is 11.9. The van der Waals surface area contributed by atoms with Crippen molar-refractivity contribution >= 4 is 32.7 Å². The topological polar surface area (TPSA) is 118 Å². The molecule has 0 aliphatic rings. The molecule has 8 nitrogen and oxygen atoms in total. The van der Waals surface area contributed by atoms with Crippen LogP contribution in [0.4, 0.5) is 0 Å². The number of fused-ring (bicyclic) bond motifs is 1. The van der Waals surface area contributed by atoms with Crippen molar-refractivity contribution in [2.45, 2.75) is 18.6 Å². The highest BCUT2D eigenvalue weighted by Crippen LogP contribution is 2.26. The van der Waals surface area contributed by atoms with Crippen LogP contribution >= 0.6 is 15.9 Å². The number of hydrogen-bond acceptors (Lipinski definition) is 6. The third-order valence-corrected chi connectivity index (χ3v) is 4.78. The zero-order valence-corrected chi connectivity index (χ0v) is 16.0. The molecule has 0 spiro atoms. The molecule has 27 heavy (non-hydrogen) atoms. The van der Waals surface area contributed by atoms with E-state index in [1.165, 1.54) is 13.1 Å². The Balaban J connectivity index is 1.83. The fourth-order valence-electron chi connectivity index (χ4n) is 2.50. The van der Waals surface area contributed by atoms with Crippen LogP contribution < -0.4 is 4.74 Å². The Morgan fingerprint density at radius 3 is 2.70 bits per heavy atom. The summed E-state index contributed by atoms with van der Waals surface area (Å²) in [4.78, 5) is 11.9. The van der Waals surface area contributed by atoms with Gasteiger partial charge in [0.2, 0.25) is 0 Å². The summed E-state index contributed by atoms with van der Waals surface area (Å²) in [7, 11) is 0. The predicted octanol–water partition coefficient (Wildman–Crippen LogP) is 2.10. The van der Waals surface area contributed by atoms with E-state index in [1.807, 2.05) is 30.3 Å². The largest absolute Gasteiger partial charge is 0.490 e. The molecule has 0 aliphatic heterocycles. The first-order valence-corrected chi connectivity index (χ1v) is 8.90. The molecule has 1 unspecified atom stereocenters. The summed E-state index contributed by atoms with van der Waals surface area (Å²) in [5, 5.41) is 37.8. The van der Waals surface area contributed by atoms with Crippen LogP contribution in [0.3, 0.4) is 0 Å². The highest BCUT2D eigenvalue weighted by molar-refractivity contribution is 9.10. The number of ether oxygens (including phenoxy) is 1. The second kappa shape index (κ2) is 7.63. The number of nitrogens with zero attached hydrogens (tertiary/aromatic N) is 3. The molecule has 0 bridgehead atoms. The quantitative estimate of drug-likeness (QED) is 0.519. The van der Waals surface area contributed by atoms with Gasteiger partial charge in [-0.15, -0.1) is 5.10 Å². The molecule has 0 saturated heterocycles. The van der Waals surface area contributed by atoms with Gasteiger partial charge in [0.05, 0.1) is 12.8 Å². The summed E-state index contributed by atoms with van der Waals surface area (Å²) in [5.74, 6) is -0.643. The number of aliphatic hydroxyl groups excluding tert-OH is 2. The molecule has 0 amide bonds. The maximum Gasteiger partial charge on any atom is 0.335 e. The van der Waals surface area contributed by atoms with E-state index < -0.39 is 24.2 Å². The van der Waals surface area contributed by atoms with Crippen LogP contribution in [0.1, 0.15) is 18.7 Å². The van der Waals surface area contributed by atoms with Gasteiger partial charge >= 0.3 is 5.97 Å². The molecule has 3 N–H and O–H groups in total. The summed E-state index contributed by atoms with van der Waals surface area (Å²) < 4.78 is 7.81. The van der Waals surface area contributed by atoms with Gasteiger partial charge in [0.15, 0.2) is 5.54 Å². The third-order valence-electron chi connectivity index (χ3n) is 4.29. The van der Waals surface area contributed by atoms with Gasteiger partial charge in [-0.2, -0.15) is 0 Å². The molecular formula is C18H18BrN3O5. The second-order valence-electron chi connectivity index (χ2n) is 6.31. The minimum absolute atomic E-state index is 0.0845. The monoisotopic (exact) mass is 435 g/mol. The van der Waals surface area contributed by atoms with Gasteiger partial charge in [-0.25, -0.2) is 9.48 Å². The number of rotatable bonds is 7. The lowest BCUT2D eigenvalue weighted by Crippen LogP contribution is -2.44. The van der Waals surface area contributed by atoms with Crippen LogP contribution in [0, 0.1) is 0 Å². The summed E-state index contributed by atoms with van der Waals surface area (Å²) in [5.41, 5.74) is -1.46. The van der Waals surface area contributed by atoms with Crippen LogP contribution in [0.15, 0.2) is 47.1 Å². The average Bonchev–Trinajstić information content (AvgIpc) is 3.16. The van der Waals surface area contributed by atoms with Crippen molar-refractivity contribution in [2.75, 3.05) is 13.2 Å². The van der Waals surface area contributed by atoms with E-state index in [-0.39, 0.29) is 12.3 Å². The van der Waals surface area contributed by atoms with Crippen molar-refractivity contribution in [1.82, 2.24) is 15.0 Å². The number of carboxylic acids is 1. The van der Waals surface area contributed by atoms with E-state index in [9.17, 15) is 15.0 Å². The zero-order valence-electron chi connectivity index (χ0n) is 14.4. The Kier molecular flexibility index (Phi) is 5.45. The highest BCUT2D eigenvalue weighted by Gasteiger charge is 2.38. The lowest BCUT2D eigenvalue weighted by Gasteiger charge is -2.24. The normalized spacial score (nSPS) is 14.7. The van der Waals surface area contributed by atoms with Gasteiger partial charge in [-0.1, -0.05) is 33.3 Å². The molecule has 3 rings (SSSR count). The van der Waals surface area contributed by atoms with Gasteiger partial charge in [0.1, 0.15) is 24.2 Å². The Labute approximate surface area is 163 Å². The lowest BCUT2D eigenvalue weighted by atomic mass is 10.0. The number of aromatic nitrogens is 3. The third kappa shape index (κ3) is 3.95. The van der Waals surface area contributed by atoms with Gasteiger partial charge in [-0.05, 0) is 42.0 Å². The zero-order chi connectivity index (χ0) is 19.6. The van der Waals surface area contributed by atoms with Crippen LogP contribution in [0.25, 0.3) is 10.8 Å². The molecule has 1 aromatic heterocycles. The molecule has 0 saturated carbocycles. The molecule has 0 aliphatic carbocycles. The number of carboxylic acid groups (broad SMARTS) is 1. The smallest absolute Gasteiger partial charge is 0.335 e. The molecule has 9 heteroatoms. The van der Waals surface area contributed by atoms with E-state index in [0.29, 0.717) is 5.75 Å². The number of aliphatic carboxylic acids is 1. The van der Waals surface area contributed by atoms with Crippen molar-refractivity contribution in [3.8, 4) is 5.75 Å². The summed E-state index contributed by atoms with van der Waals surface area (Å²) in [6.45, 7) is 0.700. The van der Waals surface area contributed by atoms with Crippen molar-refractivity contribution in [1.29, 1.82) is 0 Å². The molecule has 0 radical (unpaired) electrons. The van der Waals surface area contributed by atoms with E-state index in [2.05, 4.69) is 26.2 Å². The average molecular weight is 436 g/mol. The van der Waals surface area contributed by atoms with Crippen LogP contribution in [0.5, 0.6) is 5.75 Å². The number of aliphatic hydroxyl groups is 2. The summed E-state index contributed by atoms with van der Waals surface area (Å²) in [6, 6.07) is 11.3. The first-order valence-electron chi connectivity index (χ1n) is 8.10. The predicted molar refractivity (Wildman–Crippen MR) is 100 cm³/mol. The molecule has 2 aromatic carbocycles. The van der Waals surface area contributed by atoms with E-state index in [1.54, 1.807) is 6.07 Å². The summed E-state index contributed by atoms with van der Waals surface area (Å²) >= 11 is 3.42. The van der Waals surface area contributed by atoms with Crippen molar-refractivity contribution < 1.29 is 24.9 Å². The van der Waals surface area contributed by atoms with Gasteiger partial charge in [0.25, 0.3) is 0 Å². The molecule has 0 fully saturated rings. The Morgan fingerprint density at radius 2 is 2.00 bits per heavy atom. The number of carbonyl (C=O) groups is 1. The molecule has 3 aromatic rings. The SMILES string of the molecule is CC(COc1ccc2cc(Br)ccc2c1)(C(=O)O)n1cc([C@H](O)CO)nn1. The fourth-order valence-corrected chi connectivity index (χ4v) is 2.88. The van der Waals surface area contributed by atoms with Gasteiger partial charge in [-0.3, -0.25) is 0 Å². The van der Waals surface area contributed by atoms with Gasteiger partial charge < -0.3 is 20.1 Å². The maximum atomic E-state index is 11.9. The molecule has 2 atom stereocenters. The Bertz CT molecular complexity index is 977. The van der Waals surface area contributed by atoms with Crippen molar-refractivity contribution in [2.24, 2.45) is 0 Å². The number of halogens is 1. The summed E-state index contributed by atoms with van der Waals surface area (Å²) in [6.07, 6.45) is 0.0635. The lowest BCUT2D eigenvalue weighted by molar-refractivity contribution is -0.149. The minimum Gasteiger partial charge on any atom is -0.490 e. The second-order valence-corrected chi connectivity index (χ2v) is 7.22. The molecule has 1 heterocycles. The van der Waals surface area contributed by atoms with E-state index in [0.717, 1.165) is 19.9 Å². The highest BCUT2D eigenvalue weighted by atomic mass is 79.9. The molecular weight excluding hydrogens is 418 g/mol. The first-order chi connectivity index (χ1) is 12.8. The first kappa shape index (κ1) is 19.3. The van der Waals surface area contributed by atoms with E-state index >= 15 is 0 Å². The minimum atomic E-state index is -1.55.